The fourth-order valence-corrected chi connectivity index (χ4v) is 1.34. The molecule has 0 aliphatic heterocycles. The summed E-state index contributed by atoms with van der Waals surface area (Å²) in [7, 11) is 0. The first-order chi connectivity index (χ1) is 7.81. The molecule has 2 heterocycles. The number of fused-ring (bicyclic) bond motifs is 1. The minimum absolute atomic E-state index is 0.203. The van der Waals surface area contributed by atoms with Gasteiger partial charge in [0.25, 0.3) is 5.91 Å². The number of aromatic nitrogens is 2. The van der Waals surface area contributed by atoms with Crippen molar-refractivity contribution in [3.05, 3.63) is 48.8 Å². The van der Waals surface area contributed by atoms with E-state index in [2.05, 4.69) is 21.9 Å². The van der Waals surface area contributed by atoms with Gasteiger partial charge in [-0.2, -0.15) is 0 Å². The molecule has 2 aromatic heterocycles. The van der Waals surface area contributed by atoms with E-state index in [1.807, 2.05) is 6.07 Å². The molecule has 2 aromatic rings. The van der Waals surface area contributed by atoms with Crippen LogP contribution >= 0.6 is 0 Å². The molecule has 0 spiro atoms. The summed E-state index contributed by atoms with van der Waals surface area (Å²) in [5.74, 6) is -0.203. The van der Waals surface area contributed by atoms with Crippen LogP contribution in [0.3, 0.4) is 0 Å². The summed E-state index contributed by atoms with van der Waals surface area (Å²) in [5.41, 5.74) is 1.89. The van der Waals surface area contributed by atoms with E-state index < -0.39 is 0 Å². The molecule has 0 atom stereocenters. The highest BCUT2D eigenvalue weighted by Crippen LogP contribution is 2.08. The second-order valence-corrected chi connectivity index (χ2v) is 3.24. The van der Waals surface area contributed by atoms with Crippen LogP contribution in [0.1, 0.15) is 10.5 Å². The molecule has 0 radical (unpaired) electrons. The fraction of sp³-hybridized carbons (Fsp3) is 0.0833. The van der Waals surface area contributed by atoms with Crippen molar-refractivity contribution < 1.29 is 4.79 Å². The SMILES string of the molecule is C=CCNC(=O)c1ccc2ncccc2n1. The Bertz CT molecular complexity index is 537. The monoisotopic (exact) mass is 213 g/mol. The van der Waals surface area contributed by atoms with Crippen molar-refractivity contribution in [2.75, 3.05) is 6.54 Å². The van der Waals surface area contributed by atoms with E-state index in [0.29, 0.717) is 17.8 Å². The van der Waals surface area contributed by atoms with Gasteiger partial charge in [0, 0.05) is 12.7 Å². The van der Waals surface area contributed by atoms with Crippen LogP contribution in [0.2, 0.25) is 0 Å². The number of hydrogen-bond acceptors (Lipinski definition) is 3. The normalized spacial score (nSPS) is 10.0. The number of pyridine rings is 2. The number of nitrogens with zero attached hydrogens (tertiary/aromatic N) is 2. The molecular weight excluding hydrogens is 202 g/mol. The largest absolute Gasteiger partial charge is 0.347 e. The highest BCUT2D eigenvalue weighted by Gasteiger charge is 2.06. The Morgan fingerprint density at radius 1 is 1.38 bits per heavy atom. The average molecular weight is 213 g/mol. The minimum atomic E-state index is -0.203. The van der Waals surface area contributed by atoms with Gasteiger partial charge in [0.15, 0.2) is 0 Å². The van der Waals surface area contributed by atoms with Crippen molar-refractivity contribution in [1.29, 1.82) is 0 Å². The standard InChI is InChI=1S/C12H11N3O/c1-2-7-14-12(16)11-6-5-9-10(15-11)4-3-8-13-9/h2-6,8H,1,7H2,(H,14,16). The van der Waals surface area contributed by atoms with Crippen LogP contribution in [0.25, 0.3) is 11.0 Å². The van der Waals surface area contributed by atoms with E-state index >= 15 is 0 Å². The van der Waals surface area contributed by atoms with E-state index in [9.17, 15) is 4.79 Å². The zero-order valence-electron chi connectivity index (χ0n) is 8.68. The lowest BCUT2D eigenvalue weighted by Crippen LogP contribution is -2.24. The van der Waals surface area contributed by atoms with Crippen LogP contribution in [0.15, 0.2) is 43.1 Å². The van der Waals surface area contributed by atoms with Crippen molar-refractivity contribution >= 4 is 16.9 Å². The van der Waals surface area contributed by atoms with E-state index in [0.717, 1.165) is 5.52 Å². The lowest BCUT2D eigenvalue weighted by Gasteiger charge is -2.02. The molecule has 4 heteroatoms. The summed E-state index contributed by atoms with van der Waals surface area (Å²) in [4.78, 5) is 20.0. The Morgan fingerprint density at radius 3 is 3.06 bits per heavy atom. The zero-order chi connectivity index (χ0) is 11.4. The first-order valence-electron chi connectivity index (χ1n) is 4.92. The highest BCUT2D eigenvalue weighted by atomic mass is 16.1. The molecule has 0 unspecified atom stereocenters. The Balaban J connectivity index is 2.32. The molecule has 80 valence electrons. The van der Waals surface area contributed by atoms with Crippen LogP contribution in [0.4, 0.5) is 0 Å². The summed E-state index contributed by atoms with van der Waals surface area (Å²) >= 11 is 0. The average Bonchev–Trinajstić information content (AvgIpc) is 2.35. The predicted molar refractivity (Wildman–Crippen MR) is 62.1 cm³/mol. The first-order valence-corrected chi connectivity index (χ1v) is 4.92. The van der Waals surface area contributed by atoms with E-state index in [1.54, 1.807) is 30.5 Å². The number of hydrogen-bond donors (Lipinski definition) is 1. The molecular formula is C12H11N3O. The van der Waals surface area contributed by atoms with E-state index in [-0.39, 0.29) is 5.91 Å². The second-order valence-electron chi connectivity index (χ2n) is 3.24. The van der Waals surface area contributed by atoms with Crippen LogP contribution in [-0.2, 0) is 0 Å². The minimum Gasteiger partial charge on any atom is -0.347 e. The van der Waals surface area contributed by atoms with Gasteiger partial charge in [0.1, 0.15) is 5.69 Å². The van der Waals surface area contributed by atoms with Gasteiger partial charge in [-0.3, -0.25) is 9.78 Å². The summed E-state index contributed by atoms with van der Waals surface area (Å²) in [6, 6.07) is 7.06. The molecule has 0 aliphatic carbocycles. The Hall–Kier alpha value is -2.23. The smallest absolute Gasteiger partial charge is 0.270 e. The molecule has 1 amide bonds. The first kappa shape index (κ1) is 10.3. The fourth-order valence-electron chi connectivity index (χ4n) is 1.34. The van der Waals surface area contributed by atoms with E-state index in [4.69, 9.17) is 0 Å². The van der Waals surface area contributed by atoms with Crippen LogP contribution in [-0.4, -0.2) is 22.4 Å². The van der Waals surface area contributed by atoms with Crippen molar-refractivity contribution in [3.8, 4) is 0 Å². The van der Waals surface area contributed by atoms with Gasteiger partial charge in [-0.15, -0.1) is 6.58 Å². The summed E-state index contributed by atoms with van der Waals surface area (Å²) < 4.78 is 0. The third kappa shape index (κ3) is 2.06. The maximum Gasteiger partial charge on any atom is 0.270 e. The maximum atomic E-state index is 11.6. The predicted octanol–water partition coefficient (Wildman–Crippen LogP) is 1.55. The number of amides is 1. The molecule has 4 nitrogen and oxygen atoms in total. The van der Waals surface area contributed by atoms with Gasteiger partial charge < -0.3 is 5.32 Å². The quantitative estimate of drug-likeness (QED) is 0.787. The zero-order valence-corrected chi connectivity index (χ0v) is 8.68. The third-order valence-electron chi connectivity index (χ3n) is 2.10. The second kappa shape index (κ2) is 4.53. The summed E-state index contributed by atoms with van der Waals surface area (Å²) in [5, 5.41) is 2.67. The van der Waals surface area contributed by atoms with Crippen LogP contribution in [0.5, 0.6) is 0 Å². The van der Waals surface area contributed by atoms with Gasteiger partial charge in [-0.05, 0) is 24.3 Å². The van der Waals surface area contributed by atoms with Crippen LogP contribution in [0, 0.1) is 0 Å². The van der Waals surface area contributed by atoms with Gasteiger partial charge in [-0.1, -0.05) is 6.08 Å². The molecule has 0 bridgehead atoms. The Morgan fingerprint density at radius 2 is 2.25 bits per heavy atom. The van der Waals surface area contributed by atoms with Crippen molar-refractivity contribution in [3.63, 3.8) is 0 Å². The number of carbonyl (C=O) groups excluding carboxylic acids is 1. The Kier molecular flexibility index (Phi) is 2.91. The van der Waals surface area contributed by atoms with Gasteiger partial charge in [-0.25, -0.2) is 4.98 Å². The molecule has 0 saturated heterocycles. The molecule has 0 saturated carbocycles. The molecule has 0 aliphatic rings. The lowest BCUT2D eigenvalue weighted by atomic mass is 10.2. The maximum absolute atomic E-state index is 11.6. The number of nitrogens with one attached hydrogen (secondary N) is 1. The number of carbonyl (C=O) groups is 1. The number of rotatable bonds is 3. The lowest BCUT2D eigenvalue weighted by molar-refractivity contribution is 0.0953. The molecule has 1 N–H and O–H groups in total. The summed E-state index contributed by atoms with van der Waals surface area (Å²) in [6.45, 7) is 3.97. The Labute approximate surface area is 93.0 Å². The van der Waals surface area contributed by atoms with Crippen molar-refractivity contribution in [2.45, 2.75) is 0 Å². The third-order valence-corrected chi connectivity index (χ3v) is 2.10. The van der Waals surface area contributed by atoms with Crippen molar-refractivity contribution in [1.82, 2.24) is 15.3 Å². The van der Waals surface area contributed by atoms with Gasteiger partial charge >= 0.3 is 0 Å². The molecule has 16 heavy (non-hydrogen) atoms. The molecule has 0 aromatic carbocycles. The van der Waals surface area contributed by atoms with E-state index in [1.165, 1.54) is 0 Å². The van der Waals surface area contributed by atoms with Crippen molar-refractivity contribution in [2.24, 2.45) is 0 Å². The summed E-state index contributed by atoms with van der Waals surface area (Å²) in [6.07, 6.45) is 3.32. The van der Waals surface area contributed by atoms with Gasteiger partial charge in [0.2, 0.25) is 0 Å². The molecule has 2 rings (SSSR count). The highest BCUT2D eigenvalue weighted by molar-refractivity contribution is 5.94. The topological polar surface area (TPSA) is 54.9 Å². The van der Waals surface area contributed by atoms with Crippen LogP contribution < -0.4 is 5.32 Å². The van der Waals surface area contributed by atoms with Gasteiger partial charge in [0.05, 0.1) is 11.0 Å². The molecule has 0 fully saturated rings.